The van der Waals surface area contributed by atoms with Gasteiger partial charge in [-0.3, -0.25) is 9.89 Å². The SMILES string of the molecule is CC(C)n1cc(N)cc1C(=O)NCc1ncn[nH]1. The number of amides is 1. The maximum absolute atomic E-state index is 12.0. The van der Waals surface area contributed by atoms with Crippen molar-refractivity contribution in [2.75, 3.05) is 5.73 Å². The molecule has 2 heterocycles. The number of nitrogens with zero attached hydrogens (tertiary/aromatic N) is 3. The lowest BCUT2D eigenvalue weighted by molar-refractivity contribution is 0.0939. The second kappa shape index (κ2) is 4.91. The van der Waals surface area contributed by atoms with Crippen LogP contribution in [0.5, 0.6) is 0 Å². The maximum atomic E-state index is 12.0. The Hall–Kier alpha value is -2.31. The van der Waals surface area contributed by atoms with E-state index in [1.807, 2.05) is 18.4 Å². The fourth-order valence-electron chi connectivity index (χ4n) is 1.68. The van der Waals surface area contributed by atoms with Gasteiger partial charge in [0.2, 0.25) is 0 Å². The highest BCUT2D eigenvalue weighted by Gasteiger charge is 2.14. The zero-order valence-corrected chi connectivity index (χ0v) is 10.3. The second-order valence-electron chi connectivity index (χ2n) is 4.27. The Morgan fingerprint density at radius 2 is 2.39 bits per heavy atom. The van der Waals surface area contributed by atoms with Gasteiger partial charge in [-0.1, -0.05) is 0 Å². The van der Waals surface area contributed by atoms with E-state index < -0.39 is 0 Å². The Morgan fingerprint density at radius 3 is 3.00 bits per heavy atom. The van der Waals surface area contributed by atoms with Gasteiger partial charge in [-0.25, -0.2) is 4.98 Å². The molecule has 0 aliphatic carbocycles. The standard InChI is InChI=1S/C11H16N6O/c1-7(2)17-5-8(12)3-9(17)11(18)13-4-10-14-6-15-16-10/h3,5-7H,4,12H2,1-2H3,(H,13,18)(H,14,15,16). The zero-order valence-electron chi connectivity index (χ0n) is 10.3. The normalized spacial score (nSPS) is 10.8. The molecule has 4 N–H and O–H groups in total. The fraction of sp³-hybridized carbons (Fsp3) is 0.364. The summed E-state index contributed by atoms with van der Waals surface area (Å²) in [6.07, 6.45) is 3.16. The van der Waals surface area contributed by atoms with Crippen LogP contribution in [-0.2, 0) is 6.54 Å². The molecular weight excluding hydrogens is 232 g/mol. The van der Waals surface area contributed by atoms with E-state index in [9.17, 15) is 4.79 Å². The molecule has 0 spiro atoms. The number of carbonyl (C=O) groups excluding carboxylic acids is 1. The molecule has 0 saturated heterocycles. The lowest BCUT2D eigenvalue weighted by atomic mass is 10.3. The van der Waals surface area contributed by atoms with Gasteiger partial charge in [-0.05, 0) is 19.9 Å². The first-order valence-corrected chi connectivity index (χ1v) is 5.67. The molecule has 2 aromatic rings. The molecule has 2 aromatic heterocycles. The van der Waals surface area contributed by atoms with E-state index in [0.717, 1.165) is 0 Å². The fourth-order valence-corrected chi connectivity index (χ4v) is 1.68. The van der Waals surface area contributed by atoms with E-state index in [-0.39, 0.29) is 11.9 Å². The van der Waals surface area contributed by atoms with Crippen LogP contribution >= 0.6 is 0 Å². The van der Waals surface area contributed by atoms with Crippen molar-refractivity contribution >= 4 is 11.6 Å². The molecule has 96 valence electrons. The number of hydrogen-bond acceptors (Lipinski definition) is 4. The number of H-pyrrole nitrogens is 1. The molecule has 7 nitrogen and oxygen atoms in total. The predicted octanol–water partition coefficient (Wildman–Crippen LogP) is 0.699. The van der Waals surface area contributed by atoms with Crippen LogP contribution in [0.1, 0.15) is 36.2 Å². The van der Waals surface area contributed by atoms with E-state index in [1.54, 1.807) is 12.3 Å². The summed E-state index contributed by atoms with van der Waals surface area (Å²) in [6.45, 7) is 4.29. The third kappa shape index (κ3) is 2.50. The highest BCUT2D eigenvalue weighted by atomic mass is 16.1. The van der Waals surface area contributed by atoms with Gasteiger partial charge in [0.25, 0.3) is 5.91 Å². The van der Waals surface area contributed by atoms with E-state index in [1.165, 1.54) is 6.33 Å². The van der Waals surface area contributed by atoms with Gasteiger partial charge in [0.1, 0.15) is 17.8 Å². The minimum atomic E-state index is -0.184. The topological polar surface area (TPSA) is 102 Å². The summed E-state index contributed by atoms with van der Waals surface area (Å²) in [7, 11) is 0. The summed E-state index contributed by atoms with van der Waals surface area (Å²) in [5.74, 6) is 0.427. The Morgan fingerprint density at radius 1 is 1.61 bits per heavy atom. The van der Waals surface area contributed by atoms with E-state index >= 15 is 0 Å². The lowest BCUT2D eigenvalue weighted by Crippen LogP contribution is -2.26. The molecule has 0 aromatic carbocycles. The first-order chi connectivity index (χ1) is 8.58. The van der Waals surface area contributed by atoms with Crippen molar-refractivity contribution in [1.29, 1.82) is 0 Å². The van der Waals surface area contributed by atoms with Gasteiger partial charge in [0.05, 0.1) is 12.2 Å². The van der Waals surface area contributed by atoms with Crippen LogP contribution in [0.2, 0.25) is 0 Å². The quantitative estimate of drug-likeness (QED) is 0.741. The number of rotatable bonds is 4. The molecule has 0 unspecified atom stereocenters. The van der Waals surface area contributed by atoms with Crippen molar-refractivity contribution in [2.24, 2.45) is 0 Å². The summed E-state index contributed by atoms with van der Waals surface area (Å²) in [4.78, 5) is 16.0. The molecule has 0 aliphatic heterocycles. The van der Waals surface area contributed by atoms with Crippen molar-refractivity contribution in [2.45, 2.75) is 26.4 Å². The predicted molar refractivity (Wildman–Crippen MR) is 66.8 cm³/mol. The Labute approximate surface area is 104 Å². The van der Waals surface area contributed by atoms with Crippen LogP contribution in [-0.4, -0.2) is 25.7 Å². The molecule has 0 atom stereocenters. The monoisotopic (exact) mass is 248 g/mol. The first-order valence-electron chi connectivity index (χ1n) is 5.67. The van der Waals surface area contributed by atoms with E-state index in [2.05, 4.69) is 20.5 Å². The second-order valence-corrected chi connectivity index (χ2v) is 4.27. The van der Waals surface area contributed by atoms with Crippen LogP contribution in [0.25, 0.3) is 0 Å². The maximum Gasteiger partial charge on any atom is 0.268 e. The molecule has 1 amide bonds. The third-order valence-corrected chi connectivity index (χ3v) is 2.54. The van der Waals surface area contributed by atoms with Crippen molar-refractivity contribution in [1.82, 2.24) is 25.1 Å². The van der Waals surface area contributed by atoms with Gasteiger partial charge in [0, 0.05) is 12.2 Å². The van der Waals surface area contributed by atoms with Crippen molar-refractivity contribution in [3.05, 3.63) is 30.1 Å². The number of aromatic amines is 1. The highest BCUT2D eigenvalue weighted by Crippen LogP contribution is 2.16. The minimum absolute atomic E-state index is 0.174. The van der Waals surface area contributed by atoms with Gasteiger partial charge >= 0.3 is 0 Å². The zero-order chi connectivity index (χ0) is 13.1. The highest BCUT2D eigenvalue weighted by molar-refractivity contribution is 5.93. The van der Waals surface area contributed by atoms with Crippen LogP contribution in [0, 0.1) is 0 Å². The molecule has 0 bridgehead atoms. The molecule has 2 rings (SSSR count). The van der Waals surface area contributed by atoms with Gasteiger partial charge < -0.3 is 15.6 Å². The van der Waals surface area contributed by atoms with Gasteiger partial charge in [-0.15, -0.1) is 0 Å². The first kappa shape index (κ1) is 12.2. The van der Waals surface area contributed by atoms with Crippen LogP contribution in [0.4, 0.5) is 5.69 Å². The Kier molecular flexibility index (Phi) is 3.31. The number of anilines is 1. The smallest absolute Gasteiger partial charge is 0.268 e. The minimum Gasteiger partial charge on any atom is -0.397 e. The van der Waals surface area contributed by atoms with Gasteiger partial charge in [0.15, 0.2) is 0 Å². The number of hydrogen-bond donors (Lipinski definition) is 3. The van der Waals surface area contributed by atoms with Crippen LogP contribution < -0.4 is 11.1 Å². The average Bonchev–Trinajstić information content (AvgIpc) is 2.94. The molecule has 0 saturated carbocycles. The molecule has 18 heavy (non-hydrogen) atoms. The van der Waals surface area contributed by atoms with E-state index in [0.29, 0.717) is 23.8 Å². The molecule has 0 radical (unpaired) electrons. The Balaban J connectivity index is 2.09. The summed E-state index contributed by atoms with van der Waals surface area (Å²) in [6, 6.07) is 1.84. The molecule has 7 heteroatoms. The molecular formula is C11H16N6O. The number of carbonyl (C=O) groups is 1. The van der Waals surface area contributed by atoms with Crippen LogP contribution in [0.15, 0.2) is 18.6 Å². The largest absolute Gasteiger partial charge is 0.397 e. The number of nitrogens with two attached hydrogens (primary N) is 1. The summed E-state index contributed by atoms with van der Waals surface area (Å²) >= 11 is 0. The third-order valence-electron chi connectivity index (χ3n) is 2.54. The van der Waals surface area contributed by atoms with Crippen molar-refractivity contribution in [3.8, 4) is 0 Å². The van der Waals surface area contributed by atoms with Crippen molar-refractivity contribution < 1.29 is 4.79 Å². The summed E-state index contributed by atoms with van der Waals surface area (Å²) in [5.41, 5.74) is 6.84. The number of nitrogens with one attached hydrogen (secondary N) is 2. The number of nitrogen functional groups attached to an aromatic ring is 1. The Bertz CT molecular complexity index is 528. The molecule has 0 fully saturated rings. The van der Waals surface area contributed by atoms with Gasteiger partial charge in [-0.2, -0.15) is 5.10 Å². The summed E-state index contributed by atoms with van der Waals surface area (Å²) < 4.78 is 1.84. The average molecular weight is 248 g/mol. The number of aromatic nitrogens is 4. The summed E-state index contributed by atoms with van der Waals surface area (Å²) in [5, 5.41) is 9.15. The van der Waals surface area contributed by atoms with E-state index in [4.69, 9.17) is 5.73 Å². The van der Waals surface area contributed by atoms with Crippen molar-refractivity contribution in [3.63, 3.8) is 0 Å². The molecule has 0 aliphatic rings. The van der Waals surface area contributed by atoms with Crippen LogP contribution in [0.3, 0.4) is 0 Å². The lowest BCUT2D eigenvalue weighted by Gasteiger charge is -2.12.